The van der Waals surface area contributed by atoms with Gasteiger partial charge in [-0.2, -0.15) is 0 Å². The predicted molar refractivity (Wildman–Crippen MR) is 78.8 cm³/mol. The van der Waals surface area contributed by atoms with Gasteiger partial charge in [-0.3, -0.25) is 4.79 Å². The van der Waals surface area contributed by atoms with Crippen LogP contribution in [0.4, 0.5) is 0 Å². The van der Waals surface area contributed by atoms with Gasteiger partial charge in [-0.25, -0.2) is 0 Å². The Morgan fingerprint density at radius 3 is 2.26 bits per heavy atom. The monoisotopic (exact) mass is 248 g/mol. The van der Waals surface area contributed by atoms with Crippen LogP contribution in [0.2, 0.25) is 0 Å². The minimum absolute atomic E-state index is 0.381. The van der Waals surface area contributed by atoms with Gasteiger partial charge >= 0.3 is 0 Å². The molecule has 1 nitrogen and oxygen atoms in total. The van der Waals surface area contributed by atoms with Crippen molar-refractivity contribution in [2.45, 2.75) is 18.8 Å². The van der Waals surface area contributed by atoms with Crippen molar-refractivity contribution in [3.05, 3.63) is 71.3 Å². The molecule has 1 saturated carbocycles. The van der Waals surface area contributed by atoms with Gasteiger partial charge in [0.25, 0.3) is 0 Å². The zero-order valence-electron chi connectivity index (χ0n) is 10.8. The standard InChI is InChI=1S/C18H16O/c19-17-12-16(13-17)18-9-5-4-8-15(18)11-10-14-6-2-1-3-7-14/h1-11,16H,12-13H2. The molecule has 0 spiro atoms. The smallest absolute Gasteiger partial charge is 0.134 e. The lowest BCUT2D eigenvalue weighted by molar-refractivity contribution is -0.124. The van der Waals surface area contributed by atoms with E-state index in [1.807, 2.05) is 18.2 Å². The van der Waals surface area contributed by atoms with Crippen LogP contribution in [0.1, 0.15) is 35.4 Å². The lowest BCUT2D eigenvalue weighted by Gasteiger charge is -2.25. The highest BCUT2D eigenvalue weighted by Gasteiger charge is 2.28. The van der Waals surface area contributed by atoms with Crippen molar-refractivity contribution in [2.75, 3.05) is 0 Å². The molecule has 0 radical (unpaired) electrons. The van der Waals surface area contributed by atoms with Crippen LogP contribution in [0.15, 0.2) is 54.6 Å². The van der Waals surface area contributed by atoms with E-state index in [1.54, 1.807) is 0 Å². The summed E-state index contributed by atoms with van der Waals surface area (Å²) in [5, 5.41) is 0. The Morgan fingerprint density at radius 2 is 1.53 bits per heavy atom. The topological polar surface area (TPSA) is 17.1 Å². The van der Waals surface area contributed by atoms with Gasteiger partial charge in [0.15, 0.2) is 0 Å². The number of hydrogen-bond acceptors (Lipinski definition) is 1. The lowest BCUT2D eigenvalue weighted by atomic mass is 9.77. The molecule has 3 rings (SSSR count). The van der Waals surface area contributed by atoms with Gasteiger partial charge in [0.1, 0.15) is 5.78 Å². The van der Waals surface area contributed by atoms with Crippen LogP contribution >= 0.6 is 0 Å². The zero-order chi connectivity index (χ0) is 13.1. The Kier molecular flexibility index (Phi) is 3.28. The molecule has 1 heteroatoms. The van der Waals surface area contributed by atoms with Gasteiger partial charge < -0.3 is 0 Å². The highest BCUT2D eigenvalue weighted by molar-refractivity contribution is 5.87. The molecule has 2 aromatic carbocycles. The fourth-order valence-electron chi connectivity index (χ4n) is 2.49. The summed E-state index contributed by atoms with van der Waals surface area (Å²) in [5.74, 6) is 0.802. The first-order chi connectivity index (χ1) is 9.33. The number of Topliss-reactive ketones (excluding diaryl/α,β-unsaturated/α-hetero) is 1. The van der Waals surface area contributed by atoms with E-state index >= 15 is 0 Å². The van der Waals surface area contributed by atoms with Crippen LogP contribution in [0, 0.1) is 0 Å². The second kappa shape index (κ2) is 5.23. The van der Waals surface area contributed by atoms with E-state index in [0.717, 1.165) is 0 Å². The van der Waals surface area contributed by atoms with Gasteiger partial charge in [-0.1, -0.05) is 66.7 Å². The van der Waals surface area contributed by atoms with Crippen molar-refractivity contribution in [3.8, 4) is 0 Å². The molecule has 0 aliphatic heterocycles. The molecule has 0 N–H and O–H groups in total. The average Bonchev–Trinajstić information content (AvgIpc) is 2.43. The van der Waals surface area contributed by atoms with Crippen LogP contribution in [0.3, 0.4) is 0 Å². The molecule has 0 bridgehead atoms. The van der Waals surface area contributed by atoms with E-state index in [-0.39, 0.29) is 0 Å². The van der Waals surface area contributed by atoms with E-state index in [2.05, 4.69) is 48.6 Å². The quantitative estimate of drug-likeness (QED) is 0.740. The Balaban J connectivity index is 1.85. The first kappa shape index (κ1) is 11.9. The third-order valence-electron chi connectivity index (χ3n) is 3.64. The van der Waals surface area contributed by atoms with Crippen LogP contribution in [-0.4, -0.2) is 5.78 Å². The molecule has 0 aromatic heterocycles. The maximum Gasteiger partial charge on any atom is 0.134 e. The largest absolute Gasteiger partial charge is 0.300 e. The molecule has 19 heavy (non-hydrogen) atoms. The second-order valence-electron chi connectivity index (χ2n) is 5.02. The molecule has 0 heterocycles. The summed E-state index contributed by atoms with van der Waals surface area (Å²) in [6, 6.07) is 18.6. The highest BCUT2D eigenvalue weighted by Crippen LogP contribution is 2.35. The Bertz CT molecular complexity index is 603. The Labute approximate surface area is 113 Å². The first-order valence-corrected chi connectivity index (χ1v) is 6.67. The van der Waals surface area contributed by atoms with Gasteiger partial charge in [-0.05, 0) is 22.6 Å². The first-order valence-electron chi connectivity index (χ1n) is 6.67. The van der Waals surface area contributed by atoms with Crippen LogP contribution in [0.25, 0.3) is 12.2 Å². The molecule has 0 saturated heterocycles. The molecule has 0 atom stereocenters. The SMILES string of the molecule is O=C1CC(c2ccccc2C=Cc2ccccc2)C1. The van der Waals surface area contributed by atoms with Crippen molar-refractivity contribution in [1.29, 1.82) is 0 Å². The molecule has 2 aromatic rings. The molecule has 1 fully saturated rings. The average molecular weight is 248 g/mol. The van der Waals surface area contributed by atoms with Crippen molar-refractivity contribution < 1.29 is 4.79 Å². The molecular weight excluding hydrogens is 232 g/mol. The molecule has 0 amide bonds. The minimum Gasteiger partial charge on any atom is -0.300 e. The Morgan fingerprint density at radius 1 is 0.842 bits per heavy atom. The summed E-state index contributed by atoms with van der Waals surface area (Å²) in [5.41, 5.74) is 3.72. The second-order valence-corrected chi connectivity index (χ2v) is 5.02. The number of hydrogen-bond donors (Lipinski definition) is 0. The van der Waals surface area contributed by atoms with Gasteiger partial charge in [0.05, 0.1) is 0 Å². The predicted octanol–water partition coefficient (Wildman–Crippen LogP) is 4.30. The molecular formula is C18H16O. The number of carbonyl (C=O) groups is 1. The fraction of sp³-hybridized carbons (Fsp3) is 0.167. The summed E-state index contributed by atoms with van der Waals surface area (Å²) < 4.78 is 0. The Hall–Kier alpha value is -2.15. The summed E-state index contributed by atoms with van der Waals surface area (Å²) in [7, 11) is 0. The van der Waals surface area contributed by atoms with E-state index in [1.165, 1.54) is 16.7 Å². The number of carbonyl (C=O) groups excluding carboxylic acids is 1. The van der Waals surface area contributed by atoms with Gasteiger partial charge in [0, 0.05) is 12.8 Å². The third-order valence-corrected chi connectivity index (χ3v) is 3.64. The maximum atomic E-state index is 11.2. The van der Waals surface area contributed by atoms with E-state index < -0.39 is 0 Å². The molecule has 0 unspecified atom stereocenters. The number of ketones is 1. The fourth-order valence-corrected chi connectivity index (χ4v) is 2.49. The number of rotatable bonds is 3. The van der Waals surface area contributed by atoms with E-state index in [9.17, 15) is 4.79 Å². The van der Waals surface area contributed by atoms with Crippen molar-refractivity contribution in [2.24, 2.45) is 0 Å². The van der Waals surface area contributed by atoms with Crippen molar-refractivity contribution in [3.63, 3.8) is 0 Å². The normalized spacial score (nSPS) is 15.7. The van der Waals surface area contributed by atoms with Crippen molar-refractivity contribution >= 4 is 17.9 Å². The van der Waals surface area contributed by atoms with Gasteiger partial charge in [-0.15, -0.1) is 0 Å². The number of benzene rings is 2. The summed E-state index contributed by atoms with van der Waals surface area (Å²) in [4.78, 5) is 11.2. The summed E-state index contributed by atoms with van der Waals surface area (Å²) in [6.45, 7) is 0. The van der Waals surface area contributed by atoms with Crippen LogP contribution < -0.4 is 0 Å². The third kappa shape index (κ3) is 2.65. The van der Waals surface area contributed by atoms with E-state index in [4.69, 9.17) is 0 Å². The van der Waals surface area contributed by atoms with E-state index in [0.29, 0.717) is 24.5 Å². The lowest BCUT2D eigenvalue weighted by Crippen LogP contribution is -2.21. The zero-order valence-corrected chi connectivity index (χ0v) is 10.8. The highest BCUT2D eigenvalue weighted by atomic mass is 16.1. The van der Waals surface area contributed by atoms with Gasteiger partial charge in [0.2, 0.25) is 0 Å². The maximum absolute atomic E-state index is 11.2. The van der Waals surface area contributed by atoms with Crippen LogP contribution in [-0.2, 0) is 4.79 Å². The van der Waals surface area contributed by atoms with Crippen LogP contribution in [0.5, 0.6) is 0 Å². The summed E-state index contributed by atoms with van der Waals surface area (Å²) in [6.07, 6.45) is 5.68. The van der Waals surface area contributed by atoms with Crippen molar-refractivity contribution in [1.82, 2.24) is 0 Å². The molecule has 1 aliphatic rings. The summed E-state index contributed by atoms with van der Waals surface area (Å²) >= 11 is 0. The molecule has 1 aliphatic carbocycles. The minimum atomic E-state index is 0.381. The molecule has 94 valence electrons.